The van der Waals surface area contributed by atoms with Crippen molar-refractivity contribution in [3.05, 3.63) is 34.7 Å². The van der Waals surface area contributed by atoms with Crippen molar-refractivity contribution in [1.82, 2.24) is 9.47 Å². The number of pyridine rings is 1. The van der Waals surface area contributed by atoms with Crippen molar-refractivity contribution in [2.24, 2.45) is 5.92 Å². The maximum absolute atomic E-state index is 13.1. The smallest absolute Gasteiger partial charge is 0.258 e. The fraction of sp³-hybridized carbons (Fsp3) is 0.500. The second-order valence-corrected chi connectivity index (χ2v) is 7.02. The van der Waals surface area contributed by atoms with Crippen LogP contribution in [0, 0.1) is 5.92 Å². The fourth-order valence-electron chi connectivity index (χ4n) is 4.66. The predicted molar refractivity (Wildman–Crippen MR) is 93.1 cm³/mol. The molecule has 23 heavy (non-hydrogen) atoms. The van der Waals surface area contributed by atoms with Crippen LogP contribution in [-0.4, -0.2) is 35.6 Å². The quantitative estimate of drug-likeness (QED) is 0.925. The van der Waals surface area contributed by atoms with Gasteiger partial charge < -0.3 is 9.47 Å². The maximum Gasteiger partial charge on any atom is 0.258 e. The molecular formula is C18H22N4O. The van der Waals surface area contributed by atoms with Crippen molar-refractivity contribution in [3.63, 3.8) is 0 Å². The fourth-order valence-corrected chi connectivity index (χ4v) is 4.66. The highest BCUT2D eigenvalue weighted by Gasteiger charge is 2.36. The molecule has 0 spiro atoms. The van der Waals surface area contributed by atoms with Gasteiger partial charge in [-0.05, 0) is 50.9 Å². The monoisotopic (exact) mass is 310 g/mol. The largest absolute Gasteiger partial charge is 0.308 e. The van der Waals surface area contributed by atoms with Gasteiger partial charge in [0.1, 0.15) is 0 Å². The minimum absolute atomic E-state index is 0.170. The number of aromatic nitrogens is 1. The molecule has 4 aliphatic rings. The van der Waals surface area contributed by atoms with Crippen molar-refractivity contribution in [2.75, 3.05) is 36.6 Å². The van der Waals surface area contributed by atoms with Gasteiger partial charge in [-0.2, -0.15) is 0 Å². The number of nitrogens with zero attached hydrogens (tertiary/aromatic N) is 3. The Hall–Kier alpha value is -2.01. The molecule has 1 N–H and O–H groups in total. The van der Waals surface area contributed by atoms with E-state index in [-0.39, 0.29) is 5.56 Å². The molecule has 0 aliphatic carbocycles. The van der Waals surface area contributed by atoms with Crippen molar-refractivity contribution in [1.29, 1.82) is 0 Å². The van der Waals surface area contributed by atoms with Gasteiger partial charge in [-0.1, -0.05) is 6.07 Å². The van der Waals surface area contributed by atoms with E-state index in [2.05, 4.69) is 34.5 Å². The van der Waals surface area contributed by atoms with Crippen LogP contribution in [0.5, 0.6) is 0 Å². The third kappa shape index (κ3) is 1.80. The highest BCUT2D eigenvalue weighted by atomic mass is 16.1. The Bertz CT molecular complexity index is 835. The molecule has 4 aliphatic heterocycles. The lowest BCUT2D eigenvalue weighted by molar-refractivity contribution is 0.0557. The van der Waals surface area contributed by atoms with E-state index in [1.54, 1.807) is 0 Å². The molecule has 1 atom stereocenters. The molecule has 0 amide bonds. The lowest BCUT2D eigenvalue weighted by atomic mass is 9.83. The van der Waals surface area contributed by atoms with Gasteiger partial charge in [-0.3, -0.25) is 15.2 Å². The first-order valence-corrected chi connectivity index (χ1v) is 8.70. The van der Waals surface area contributed by atoms with Crippen molar-refractivity contribution < 1.29 is 0 Å². The number of benzene rings is 1. The first-order chi connectivity index (χ1) is 11.3. The summed E-state index contributed by atoms with van der Waals surface area (Å²) in [7, 11) is 0. The van der Waals surface area contributed by atoms with Gasteiger partial charge in [0.25, 0.3) is 5.56 Å². The summed E-state index contributed by atoms with van der Waals surface area (Å²) in [4.78, 5) is 15.6. The number of hydrogen-bond acceptors (Lipinski definition) is 4. The van der Waals surface area contributed by atoms with Gasteiger partial charge in [0.2, 0.25) is 0 Å². The Balaban J connectivity index is 1.70. The molecule has 3 saturated heterocycles. The Morgan fingerprint density at radius 3 is 2.78 bits per heavy atom. The van der Waals surface area contributed by atoms with E-state index in [9.17, 15) is 4.79 Å². The molecule has 1 aromatic heterocycles. The first kappa shape index (κ1) is 13.4. The van der Waals surface area contributed by atoms with Gasteiger partial charge in [0.15, 0.2) is 0 Å². The molecule has 2 aromatic rings. The van der Waals surface area contributed by atoms with Gasteiger partial charge >= 0.3 is 0 Å². The van der Waals surface area contributed by atoms with Crippen LogP contribution in [0.15, 0.2) is 29.2 Å². The van der Waals surface area contributed by atoms with Gasteiger partial charge in [0.05, 0.1) is 22.8 Å². The van der Waals surface area contributed by atoms with Gasteiger partial charge in [0, 0.05) is 24.7 Å². The summed E-state index contributed by atoms with van der Waals surface area (Å²) in [5.74, 6) is 0.647. The van der Waals surface area contributed by atoms with Crippen molar-refractivity contribution in [2.45, 2.75) is 25.8 Å². The number of anilines is 2. The molecule has 3 fully saturated rings. The van der Waals surface area contributed by atoms with E-state index in [0.29, 0.717) is 12.0 Å². The van der Waals surface area contributed by atoms with Crippen molar-refractivity contribution in [3.8, 4) is 0 Å². The maximum atomic E-state index is 13.1. The van der Waals surface area contributed by atoms with E-state index < -0.39 is 0 Å². The van der Waals surface area contributed by atoms with Crippen molar-refractivity contribution >= 4 is 22.1 Å². The van der Waals surface area contributed by atoms with Crippen LogP contribution in [0.2, 0.25) is 0 Å². The molecule has 0 unspecified atom stereocenters. The van der Waals surface area contributed by atoms with E-state index in [4.69, 9.17) is 0 Å². The molecule has 5 heterocycles. The summed E-state index contributed by atoms with van der Waals surface area (Å²) in [6.45, 7) is 6.41. The number of hydrogen-bond donors (Lipinski definition) is 1. The average Bonchev–Trinajstić information content (AvgIpc) is 2.98. The Kier molecular flexibility index (Phi) is 2.77. The number of hydrazine groups is 1. The summed E-state index contributed by atoms with van der Waals surface area (Å²) in [6, 6.07) is 6.39. The van der Waals surface area contributed by atoms with Crippen LogP contribution in [0.1, 0.15) is 25.8 Å². The summed E-state index contributed by atoms with van der Waals surface area (Å²) in [5.41, 5.74) is 5.84. The van der Waals surface area contributed by atoms with E-state index >= 15 is 0 Å². The normalized spacial score (nSPS) is 28.4. The minimum atomic E-state index is 0.170. The zero-order chi connectivity index (χ0) is 15.6. The van der Waals surface area contributed by atoms with Gasteiger partial charge in [-0.15, -0.1) is 0 Å². The topological polar surface area (TPSA) is 40.5 Å². The Labute approximate surface area is 135 Å². The highest BCUT2D eigenvalue weighted by molar-refractivity contribution is 6.06. The lowest BCUT2D eigenvalue weighted by Crippen LogP contribution is -2.49. The van der Waals surface area contributed by atoms with Gasteiger partial charge in [-0.25, -0.2) is 0 Å². The van der Waals surface area contributed by atoms with E-state index in [1.807, 2.05) is 16.7 Å². The average molecular weight is 310 g/mol. The zero-order valence-electron chi connectivity index (χ0n) is 13.5. The zero-order valence-corrected chi connectivity index (χ0v) is 13.5. The molecular weight excluding hydrogens is 288 g/mol. The number of nitrogens with one attached hydrogen (secondary N) is 1. The van der Waals surface area contributed by atoms with Crippen LogP contribution in [0.25, 0.3) is 10.8 Å². The highest BCUT2D eigenvalue weighted by Crippen LogP contribution is 2.40. The van der Waals surface area contributed by atoms with E-state index in [1.165, 1.54) is 25.9 Å². The number of fused-ring (bicyclic) bond motifs is 3. The molecule has 5 nitrogen and oxygen atoms in total. The summed E-state index contributed by atoms with van der Waals surface area (Å²) in [5, 5.41) is 4.05. The third-order valence-corrected chi connectivity index (χ3v) is 5.89. The predicted octanol–water partition coefficient (Wildman–Crippen LogP) is 2.44. The second kappa shape index (κ2) is 4.74. The molecule has 6 rings (SSSR count). The van der Waals surface area contributed by atoms with E-state index in [0.717, 1.165) is 35.2 Å². The number of piperidine rings is 3. The lowest BCUT2D eigenvalue weighted by Gasteiger charge is -2.45. The second-order valence-electron chi connectivity index (χ2n) is 7.02. The standard InChI is InChI=1S/C18H22N4O/c1-2-22-15-5-3-4-13-17(15)14(19-22)10-21(18(13)23)16-11-20-8-6-12(16)7-9-20/h3-5,10,12,16,19H,2,6-9,11H2,1H3/t16-/m0/s1. The molecule has 5 heteroatoms. The van der Waals surface area contributed by atoms with Crippen LogP contribution in [-0.2, 0) is 0 Å². The van der Waals surface area contributed by atoms with Crippen LogP contribution in [0.4, 0.5) is 11.4 Å². The molecule has 0 radical (unpaired) electrons. The first-order valence-electron chi connectivity index (χ1n) is 8.70. The van der Waals surface area contributed by atoms with Crippen LogP contribution in [0.3, 0.4) is 0 Å². The molecule has 1 aromatic carbocycles. The molecule has 2 bridgehead atoms. The Morgan fingerprint density at radius 2 is 2.09 bits per heavy atom. The van der Waals surface area contributed by atoms with Crippen LogP contribution < -0.4 is 16.0 Å². The Morgan fingerprint density at radius 1 is 1.26 bits per heavy atom. The molecule has 120 valence electrons. The number of rotatable bonds is 2. The summed E-state index contributed by atoms with van der Waals surface area (Å²) < 4.78 is 2.02. The van der Waals surface area contributed by atoms with Crippen LogP contribution >= 0.6 is 0 Å². The summed E-state index contributed by atoms with van der Waals surface area (Å²) >= 11 is 0. The SMILES string of the molecule is CCN1Nc2cn([C@H]3CN4CCC3CC4)c(=O)c3cccc1c23. The minimum Gasteiger partial charge on any atom is -0.308 e. The third-order valence-electron chi connectivity index (χ3n) is 5.89. The molecule has 0 saturated carbocycles. The summed E-state index contributed by atoms with van der Waals surface area (Å²) in [6.07, 6.45) is 4.51.